The third-order valence-corrected chi connectivity index (χ3v) is 5.84. The van der Waals surface area contributed by atoms with Crippen LogP contribution in [0, 0.1) is 0 Å². The summed E-state index contributed by atoms with van der Waals surface area (Å²) < 4.78 is 25.5. The number of rotatable bonds is 4. The van der Waals surface area contributed by atoms with Crippen molar-refractivity contribution in [2.24, 2.45) is 0 Å². The van der Waals surface area contributed by atoms with Crippen LogP contribution in [0.15, 0.2) is 66.7 Å². The van der Waals surface area contributed by atoms with E-state index in [1.165, 1.54) is 5.56 Å². The molecule has 30 heavy (non-hydrogen) atoms. The number of phenols is 2. The second kappa shape index (κ2) is 7.88. The van der Waals surface area contributed by atoms with E-state index >= 15 is 0 Å². The summed E-state index contributed by atoms with van der Waals surface area (Å²) in [6.07, 6.45) is 5.43. The average molecular weight is 422 g/mol. The molecular formula is C24H23NO4S. The van der Waals surface area contributed by atoms with Crippen LogP contribution in [0.4, 0.5) is 5.69 Å². The minimum absolute atomic E-state index is 0.112. The highest BCUT2D eigenvalue weighted by Crippen LogP contribution is 2.39. The van der Waals surface area contributed by atoms with Gasteiger partial charge in [-0.25, -0.2) is 8.42 Å². The van der Waals surface area contributed by atoms with Crippen molar-refractivity contribution >= 4 is 21.3 Å². The second-order valence-corrected chi connectivity index (χ2v) is 9.30. The monoisotopic (exact) mass is 421 g/mol. The molecule has 0 heterocycles. The average Bonchev–Trinajstić information content (AvgIpc) is 2.83. The maximum absolute atomic E-state index is 11.5. The van der Waals surface area contributed by atoms with Crippen LogP contribution in [0.25, 0.3) is 5.57 Å². The van der Waals surface area contributed by atoms with Crippen molar-refractivity contribution in [3.8, 4) is 11.5 Å². The fourth-order valence-electron chi connectivity index (χ4n) is 3.91. The standard InChI is InChI=1S/C24H23NO4S/c1-30(28,29)25-19-7-4-5-16(13-19)9-12-21-20-8-3-2-6-17(20)10-11-18-14-23(26)24(27)15-22(18)21/h2-8,12-15,25-27H,9-11H2,1H3/b21-12+. The molecule has 1 aliphatic rings. The van der Waals surface area contributed by atoms with Gasteiger partial charge in [0.25, 0.3) is 0 Å². The Hall–Kier alpha value is -3.25. The first kappa shape index (κ1) is 20.0. The van der Waals surface area contributed by atoms with E-state index in [4.69, 9.17) is 0 Å². The topological polar surface area (TPSA) is 86.6 Å². The molecule has 4 rings (SSSR count). The summed E-state index contributed by atoms with van der Waals surface area (Å²) in [6, 6.07) is 18.7. The van der Waals surface area contributed by atoms with E-state index in [0.717, 1.165) is 46.9 Å². The Morgan fingerprint density at radius 1 is 0.900 bits per heavy atom. The minimum atomic E-state index is -3.34. The lowest BCUT2D eigenvalue weighted by Crippen LogP contribution is -2.09. The summed E-state index contributed by atoms with van der Waals surface area (Å²) in [5, 5.41) is 20.1. The zero-order chi connectivity index (χ0) is 21.3. The Bertz CT molecular complexity index is 1250. The Morgan fingerprint density at radius 2 is 1.63 bits per heavy atom. The Kier molecular flexibility index (Phi) is 5.26. The summed E-state index contributed by atoms with van der Waals surface area (Å²) in [5.41, 5.74) is 6.69. The quantitative estimate of drug-likeness (QED) is 0.550. The SMILES string of the molecule is CS(=O)(=O)Nc1cccc(C/C=C2\c3ccccc3CCc3cc(O)c(O)cc32)c1. The Balaban J connectivity index is 1.77. The molecule has 3 aromatic rings. The van der Waals surface area contributed by atoms with E-state index in [9.17, 15) is 18.6 Å². The number of nitrogens with one attached hydrogen (secondary N) is 1. The van der Waals surface area contributed by atoms with Gasteiger partial charge in [0, 0.05) is 5.69 Å². The van der Waals surface area contributed by atoms with Crippen LogP contribution in [0.3, 0.4) is 0 Å². The summed E-state index contributed by atoms with van der Waals surface area (Å²) in [4.78, 5) is 0. The number of benzene rings is 3. The van der Waals surface area contributed by atoms with Gasteiger partial charge in [0.15, 0.2) is 11.5 Å². The van der Waals surface area contributed by atoms with Crippen LogP contribution in [0.5, 0.6) is 11.5 Å². The molecule has 154 valence electrons. The van der Waals surface area contributed by atoms with E-state index in [-0.39, 0.29) is 11.5 Å². The lowest BCUT2D eigenvalue weighted by atomic mass is 9.92. The number of anilines is 1. The molecule has 3 N–H and O–H groups in total. The first-order chi connectivity index (χ1) is 14.3. The van der Waals surface area contributed by atoms with E-state index in [1.807, 2.05) is 30.3 Å². The molecule has 0 saturated carbocycles. The van der Waals surface area contributed by atoms with Crippen LogP contribution >= 0.6 is 0 Å². The zero-order valence-electron chi connectivity index (χ0n) is 16.6. The smallest absolute Gasteiger partial charge is 0.229 e. The molecule has 0 atom stereocenters. The molecule has 3 aromatic carbocycles. The third kappa shape index (κ3) is 4.33. The molecule has 0 amide bonds. The molecule has 0 spiro atoms. The predicted molar refractivity (Wildman–Crippen MR) is 119 cm³/mol. The lowest BCUT2D eigenvalue weighted by Gasteiger charge is -2.13. The normalized spacial score (nSPS) is 14.6. The summed E-state index contributed by atoms with van der Waals surface area (Å²) in [7, 11) is -3.34. The maximum Gasteiger partial charge on any atom is 0.229 e. The molecular weight excluding hydrogens is 398 g/mol. The fourth-order valence-corrected chi connectivity index (χ4v) is 4.46. The summed E-state index contributed by atoms with van der Waals surface area (Å²) in [5.74, 6) is -0.253. The second-order valence-electron chi connectivity index (χ2n) is 7.55. The van der Waals surface area contributed by atoms with Crippen LogP contribution < -0.4 is 4.72 Å². The minimum Gasteiger partial charge on any atom is -0.504 e. The van der Waals surface area contributed by atoms with Gasteiger partial charge in [-0.15, -0.1) is 0 Å². The molecule has 5 nitrogen and oxygen atoms in total. The third-order valence-electron chi connectivity index (χ3n) is 5.23. The number of allylic oxidation sites excluding steroid dienone is 1. The van der Waals surface area contributed by atoms with Gasteiger partial charge in [-0.1, -0.05) is 42.5 Å². The van der Waals surface area contributed by atoms with Gasteiger partial charge >= 0.3 is 0 Å². The molecule has 0 saturated heterocycles. The highest BCUT2D eigenvalue weighted by molar-refractivity contribution is 7.92. The number of phenolic OH excluding ortho intramolecular Hbond substituents is 2. The molecule has 1 aliphatic carbocycles. The van der Waals surface area contributed by atoms with E-state index in [0.29, 0.717) is 12.1 Å². The first-order valence-corrected chi connectivity index (χ1v) is 11.6. The zero-order valence-corrected chi connectivity index (χ0v) is 17.4. The van der Waals surface area contributed by atoms with Crippen LogP contribution in [0.2, 0.25) is 0 Å². The van der Waals surface area contributed by atoms with Crippen molar-refractivity contribution < 1.29 is 18.6 Å². The number of hydrogen-bond donors (Lipinski definition) is 3. The molecule has 0 bridgehead atoms. The van der Waals surface area contributed by atoms with Gasteiger partial charge in [-0.05, 0) is 76.9 Å². The Morgan fingerprint density at radius 3 is 2.43 bits per heavy atom. The molecule has 0 fully saturated rings. The predicted octanol–water partition coefficient (Wildman–Crippen LogP) is 4.24. The van der Waals surface area contributed by atoms with Crippen molar-refractivity contribution in [3.63, 3.8) is 0 Å². The largest absolute Gasteiger partial charge is 0.504 e. The van der Waals surface area contributed by atoms with Crippen molar-refractivity contribution in [1.82, 2.24) is 0 Å². The number of aryl methyl sites for hydroxylation is 2. The molecule has 0 unspecified atom stereocenters. The highest BCUT2D eigenvalue weighted by atomic mass is 32.2. The molecule has 0 radical (unpaired) electrons. The first-order valence-electron chi connectivity index (χ1n) is 9.70. The van der Waals surface area contributed by atoms with Crippen molar-refractivity contribution in [1.29, 1.82) is 0 Å². The maximum atomic E-state index is 11.5. The molecule has 6 heteroatoms. The van der Waals surface area contributed by atoms with Crippen LogP contribution in [0.1, 0.15) is 27.8 Å². The number of hydrogen-bond acceptors (Lipinski definition) is 4. The van der Waals surface area contributed by atoms with Gasteiger partial charge < -0.3 is 10.2 Å². The van der Waals surface area contributed by atoms with Crippen molar-refractivity contribution in [2.45, 2.75) is 19.3 Å². The van der Waals surface area contributed by atoms with Gasteiger partial charge in [0.1, 0.15) is 0 Å². The molecule has 0 aliphatic heterocycles. The molecule has 0 aromatic heterocycles. The summed E-state index contributed by atoms with van der Waals surface area (Å²) >= 11 is 0. The van der Waals surface area contributed by atoms with Crippen LogP contribution in [-0.4, -0.2) is 24.9 Å². The number of sulfonamides is 1. The highest BCUT2D eigenvalue weighted by Gasteiger charge is 2.20. The van der Waals surface area contributed by atoms with E-state index < -0.39 is 10.0 Å². The van der Waals surface area contributed by atoms with Crippen molar-refractivity contribution in [3.05, 3.63) is 94.6 Å². The van der Waals surface area contributed by atoms with Gasteiger partial charge in [0.2, 0.25) is 10.0 Å². The lowest BCUT2D eigenvalue weighted by molar-refractivity contribution is 0.403. The van der Waals surface area contributed by atoms with E-state index in [1.54, 1.807) is 18.2 Å². The number of fused-ring (bicyclic) bond motifs is 2. The number of aromatic hydroxyl groups is 2. The summed E-state index contributed by atoms with van der Waals surface area (Å²) in [6.45, 7) is 0. The van der Waals surface area contributed by atoms with Gasteiger partial charge in [0.05, 0.1) is 6.26 Å². The van der Waals surface area contributed by atoms with Gasteiger partial charge in [-0.3, -0.25) is 4.72 Å². The van der Waals surface area contributed by atoms with Gasteiger partial charge in [-0.2, -0.15) is 0 Å². The van der Waals surface area contributed by atoms with Crippen molar-refractivity contribution in [2.75, 3.05) is 11.0 Å². The van der Waals surface area contributed by atoms with Crippen LogP contribution in [-0.2, 0) is 29.3 Å². The fraction of sp³-hybridized carbons (Fsp3) is 0.167. The van der Waals surface area contributed by atoms with E-state index in [2.05, 4.69) is 22.9 Å². The Labute approximate surface area is 176 Å².